The van der Waals surface area contributed by atoms with Crippen LogP contribution in [0.4, 0.5) is 8.78 Å². The SMILES string of the molecule is C=C/C(=C\C(=NC)C(=O)OC)NC=O.CC.CC1(C)C2CN(C(=O)c3ccc(F)c(F)c3Br)CC21. The quantitative estimate of drug-likeness (QED) is 0.184. The fourth-order valence-corrected chi connectivity index (χ4v) is 4.34. The zero-order chi connectivity index (χ0) is 26.9. The summed E-state index contributed by atoms with van der Waals surface area (Å²) in [6, 6.07) is 2.33. The molecule has 10 heteroatoms. The van der Waals surface area contributed by atoms with E-state index in [0.717, 1.165) is 6.07 Å². The Kier molecular flexibility index (Phi) is 11.4. The molecule has 2 amide bonds. The highest BCUT2D eigenvalue weighted by atomic mass is 79.9. The minimum absolute atomic E-state index is 0.0858. The first-order valence-corrected chi connectivity index (χ1v) is 11.8. The van der Waals surface area contributed by atoms with Crippen LogP contribution in [0.25, 0.3) is 0 Å². The Bertz CT molecular complexity index is 1010. The Hall–Kier alpha value is -2.88. The second kappa shape index (κ2) is 13.3. The summed E-state index contributed by atoms with van der Waals surface area (Å²) < 4.78 is 30.9. The third kappa shape index (κ3) is 7.06. The topological polar surface area (TPSA) is 88.1 Å². The number of fused-ring (bicyclic) bond motifs is 1. The van der Waals surface area contributed by atoms with E-state index in [-0.39, 0.29) is 21.7 Å². The number of esters is 1. The van der Waals surface area contributed by atoms with Crippen molar-refractivity contribution in [1.29, 1.82) is 0 Å². The molecule has 1 saturated heterocycles. The van der Waals surface area contributed by atoms with Crippen LogP contribution in [0.2, 0.25) is 0 Å². The Morgan fingerprint density at radius 3 is 2.29 bits per heavy atom. The van der Waals surface area contributed by atoms with Crippen LogP contribution < -0.4 is 5.32 Å². The highest BCUT2D eigenvalue weighted by Gasteiger charge is 2.62. The molecule has 2 aliphatic rings. The zero-order valence-electron chi connectivity index (χ0n) is 20.8. The summed E-state index contributed by atoms with van der Waals surface area (Å²) in [5.41, 5.74) is 1.00. The Balaban J connectivity index is 0.000000343. The van der Waals surface area contributed by atoms with Crippen LogP contribution in [-0.4, -0.2) is 56.1 Å². The molecular weight excluding hydrogens is 524 g/mol. The first-order chi connectivity index (χ1) is 16.5. The summed E-state index contributed by atoms with van der Waals surface area (Å²) in [5, 5.41) is 2.35. The molecule has 192 valence electrons. The molecule has 1 aromatic carbocycles. The van der Waals surface area contributed by atoms with E-state index in [9.17, 15) is 23.2 Å². The number of amides is 2. The third-order valence-corrected chi connectivity index (χ3v) is 6.82. The molecule has 1 aliphatic heterocycles. The molecule has 35 heavy (non-hydrogen) atoms. The Labute approximate surface area is 213 Å². The van der Waals surface area contributed by atoms with Gasteiger partial charge < -0.3 is 15.0 Å². The minimum atomic E-state index is -1.00. The van der Waals surface area contributed by atoms with Crippen LogP contribution in [-0.2, 0) is 14.3 Å². The zero-order valence-corrected chi connectivity index (χ0v) is 22.4. The van der Waals surface area contributed by atoms with E-state index in [0.29, 0.717) is 42.4 Å². The second-order valence-electron chi connectivity index (χ2n) is 8.13. The van der Waals surface area contributed by atoms with Crippen molar-refractivity contribution >= 4 is 39.9 Å². The molecule has 1 saturated carbocycles. The fourth-order valence-electron chi connectivity index (χ4n) is 3.85. The van der Waals surface area contributed by atoms with Crippen molar-refractivity contribution < 1.29 is 27.9 Å². The first kappa shape index (κ1) is 30.2. The van der Waals surface area contributed by atoms with E-state index in [1.54, 1.807) is 4.90 Å². The number of methoxy groups -OCH3 is 1. The maximum Gasteiger partial charge on any atom is 0.356 e. The summed E-state index contributed by atoms with van der Waals surface area (Å²) in [6.45, 7) is 13.3. The molecule has 0 bridgehead atoms. The van der Waals surface area contributed by atoms with Gasteiger partial charge in [0.15, 0.2) is 11.6 Å². The number of benzene rings is 1. The minimum Gasteiger partial charge on any atom is -0.464 e. The molecule has 1 aromatic rings. The maximum absolute atomic E-state index is 13.5. The number of carbonyl (C=O) groups excluding carboxylic acids is 3. The van der Waals surface area contributed by atoms with Crippen LogP contribution in [0.1, 0.15) is 38.1 Å². The molecular formula is C25H32BrF2N3O4. The normalized spacial score (nSPS) is 19.7. The van der Waals surface area contributed by atoms with E-state index in [4.69, 9.17) is 0 Å². The van der Waals surface area contributed by atoms with Gasteiger partial charge in [-0.25, -0.2) is 13.6 Å². The van der Waals surface area contributed by atoms with E-state index in [1.165, 1.54) is 32.4 Å². The molecule has 3 rings (SSSR count). The fraction of sp³-hybridized carbons (Fsp3) is 0.440. The number of piperidine rings is 1. The molecule has 1 N–H and O–H groups in total. The molecule has 0 radical (unpaired) electrons. The summed E-state index contributed by atoms with van der Waals surface area (Å²) >= 11 is 2.96. The van der Waals surface area contributed by atoms with E-state index < -0.39 is 17.6 Å². The van der Waals surface area contributed by atoms with E-state index in [2.05, 4.69) is 51.4 Å². The van der Waals surface area contributed by atoms with Crippen molar-refractivity contribution in [3.8, 4) is 0 Å². The van der Waals surface area contributed by atoms with Gasteiger partial charge in [0.25, 0.3) is 5.91 Å². The largest absolute Gasteiger partial charge is 0.464 e. The number of halogens is 3. The number of hydrogen-bond acceptors (Lipinski definition) is 5. The lowest BCUT2D eigenvalue weighted by atomic mass is 10.1. The van der Waals surface area contributed by atoms with Gasteiger partial charge in [0.1, 0.15) is 5.71 Å². The van der Waals surface area contributed by atoms with Gasteiger partial charge in [0.05, 0.1) is 17.1 Å². The average Bonchev–Trinajstić information content (AvgIpc) is 3.19. The van der Waals surface area contributed by atoms with Crippen LogP contribution in [0.15, 0.2) is 46.0 Å². The summed E-state index contributed by atoms with van der Waals surface area (Å²) in [4.78, 5) is 38.9. The molecule has 1 heterocycles. The maximum atomic E-state index is 13.5. The molecule has 2 atom stereocenters. The van der Waals surface area contributed by atoms with Crippen molar-refractivity contribution in [3.63, 3.8) is 0 Å². The summed E-state index contributed by atoms with van der Waals surface area (Å²) in [7, 11) is 2.70. The Morgan fingerprint density at radius 2 is 1.83 bits per heavy atom. The van der Waals surface area contributed by atoms with E-state index in [1.807, 2.05) is 13.8 Å². The first-order valence-electron chi connectivity index (χ1n) is 11.1. The van der Waals surface area contributed by atoms with Gasteiger partial charge in [-0.3, -0.25) is 14.6 Å². The molecule has 0 aromatic heterocycles. The second-order valence-corrected chi connectivity index (χ2v) is 8.93. The predicted octanol–water partition coefficient (Wildman–Crippen LogP) is 4.53. The number of rotatable bonds is 6. The van der Waals surface area contributed by atoms with Gasteiger partial charge in [-0.05, 0) is 57.5 Å². The van der Waals surface area contributed by atoms with Gasteiger partial charge in [0, 0.05) is 25.8 Å². The number of likely N-dealkylation sites (tertiary alicyclic amines) is 1. The number of ether oxygens (including phenoxy) is 1. The van der Waals surface area contributed by atoms with Gasteiger partial charge in [0.2, 0.25) is 6.41 Å². The van der Waals surface area contributed by atoms with Crippen LogP contribution >= 0.6 is 15.9 Å². The number of carbonyl (C=O) groups is 3. The molecule has 7 nitrogen and oxygen atoms in total. The van der Waals surface area contributed by atoms with Crippen molar-refractivity contribution in [2.45, 2.75) is 27.7 Å². The highest BCUT2D eigenvalue weighted by Crippen LogP contribution is 2.62. The van der Waals surface area contributed by atoms with Crippen LogP contribution in [0, 0.1) is 28.9 Å². The predicted molar refractivity (Wildman–Crippen MR) is 135 cm³/mol. The summed E-state index contributed by atoms with van der Waals surface area (Å²) in [6.07, 6.45) is 3.24. The average molecular weight is 556 g/mol. The molecule has 2 fully saturated rings. The highest BCUT2D eigenvalue weighted by molar-refractivity contribution is 9.10. The Morgan fingerprint density at radius 1 is 1.26 bits per heavy atom. The third-order valence-electron chi connectivity index (χ3n) is 6.05. The smallest absolute Gasteiger partial charge is 0.356 e. The number of nitrogens with zero attached hydrogens (tertiary/aromatic N) is 2. The standard InChI is InChI=1S/C14H14BrF2NO.C9H12N2O3.C2H6/c1-14(2)8-5-18(6-9(8)14)13(19)7-3-4-10(16)12(17)11(7)15;1-4-7(11-6-12)5-8(10-2)9(13)14-3;1-2/h3-4,8-9H,5-6H2,1-2H3;4-6H,1H2,2-3H3,(H,11,12);1-2H3/b;7-5+,10-8?;. The van der Waals surface area contributed by atoms with Gasteiger partial charge in [-0.15, -0.1) is 0 Å². The van der Waals surface area contributed by atoms with Crippen LogP contribution in [0.5, 0.6) is 0 Å². The van der Waals surface area contributed by atoms with Crippen molar-refractivity contribution in [3.05, 3.63) is 58.2 Å². The number of allylic oxidation sites excluding steroid dienone is 1. The molecule has 1 aliphatic carbocycles. The lowest BCUT2D eigenvalue weighted by molar-refractivity contribution is -0.132. The van der Waals surface area contributed by atoms with Gasteiger partial charge in [-0.1, -0.05) is 34.3 Å². The van der Waals surface area contributed by atoms with Crippen molar-refractivity contribution in [2.24, 2.45) is 22.2 Å². The lowest BCUT2D eigenvalue weighted by Gasteiger charge is -2.22. The molecule has 2 unspecified atom stereocenters. The number of hydrogen-bond donors (Lipinski definition) is 1. The lowest BCUT2D eigenvalue weighted by Crippen LogP contribution is -2.33. The summed E-state index contributed by atoms with van der Waals surface area (Å²) in [5.74, 6) is -1.67. The number of nitrogens with one attached hydrogen (secondary N) is 1. The number of aliphatic imine (C=N–C) groups is 1. The van der Waals surface area contributed by atoms with Crippen molar-refractivity contribution in [2.75, 3.05) is 27.2 Å². The van der Waals surface area contributed by atoms with E-state index >= 15 is 0 Å². The van der Waals surface area contributed by atoms with Crippen LogP contribution in [0.3, 0.4) is 0 Å². The van der Waals surface area contributed by atoms with Gasteiger partial charge in [-0.2, -0.15) is 0 Å². The van der Waals surface area contributed by atoms with Crippen molar-refractivity contribution in [1.82, 2.24) is 10.2 Å². The molecule has 0 spiro atoms. The monoisotopic (exact) mass is 555 g/mol. The van der Waals surface area contributed by atoms with Gasteiger partial charge >= 0.3 is 5.97 Å².